The fourth-order valence-corrected chi connectivity index (χ4v) is 0.685. The summed E-state index contributed by atoms with van der Waals surface area (Å²) in [5.41, 5.74) is 0. The average molecular weight is 152 g/mol. The molecule has 0 radical (unpaired) electrons. The maximum Gasteiger partial charge on any atom is 0.512 e. The van der Waals surface area contributed by atoms with Crippen LogP contribution < -0.4 is 0 Å². The quantitative estimate of drug-likeness (QED) is 0.416. The number of carbonyl (C=O) groups is 1. The zero-order valence-corrected chi connectivity index (χ0v) is 5.01. The molecule has 1 heterocycles. The van der Waals surface area contributed by atoms with Gasteiger partial charge in [-0.1, -0.05) is 0 Å². The van der Waals surface area contributed by atoms with Gasteiger partial charge in [-0.25, -0.2) is 4.79 Å². The van der Waals surface area contributed by atoms with Crippen molar-refractivity contribution in [2.75, 3.05) is 0 Å². The molecule has 4 nitrogen and oxygen atoms in total. The van der Waals surface area contributed by atoms with E-state index in [1.165, 1.54) is 0 Å². The molecule has 0 spiro atoms. The predicted molar refractivity (Wildman–Crippen MR) is 23.9 cm³/mol. The van der Waals surface area contributed by atoms with Crippen molar-refractivity contribution in [3.8, 4) is 0 Å². The first-order valence-corrected chi connectivity index (χ1v) is 2.96. The highest BCUT2D eigenvalue weighted by atomic mass is 31.1. The van der Waals surface area contributed by atoms with Gasteiger partial charge in [0, 0.05) is 0 Å². The monoisotopic (exact) mass is 152 g/mol. The van der Waals surface area contributed by atoms with Crippen molar-refractivity contribution < 1.29 is 23.2 Å². The van der Waals surface area contributed by atoms with Crippen molar-refractivity contribution in [1.82, 2.24) is 0 Å². The lowest BCUT2D eigenvalue weighted by atomic mass is 10.7. The van der Waals surface area contributed by atoms with Gasteiger partial charge in [0.15, 0.2) is 0 Å². The van der Waals surface area contributed by atoms with E-state index in [0.717, 1.165) is 0 Å². The van der Waals surface area contributed by atoms with Gasteiger partial charge in [0.2, 0.25) is 8.46 Å². The van der Waals surface area contributed by atoms with Gasteiger partial charge in [0.05, 0.1) is 0 Å². The third-order valence-electron chi connectivity index (χ3n) is 0.754. The van der Waals surface area contributed by atoms with Crippen LogP contribution in [-0.4, -0.2) is 18.4 Å². The number of cyclic esters (lactones) is 2. The van der Waals surface area contributed by atoms with Gasteiger partial charge in [-0.3, -0.25) is 4.57 Å². The topological polar surface area (TPSA) is 52.6 Å². The number of carbonyl (C=O) groups excluding carboxylic acids is 1. The molecule has 1 fully saturated rings. The summed E-state index contributed by atoms with van der Waals surface area (Å²) >= 11 is 0. The van der Waals surface area contributed by atoms with Crippen LogP contribution in [-0.2, 0) is 14.0 Å². The predicted octanol–water partition coefficient (Wildman–Crippen LogP) is 1.07. The van der Waals surface area contributed by atoms with Gasteiger partial charge in [0.25, 0.3) is 12.2 Å². The minimum atomic E-state index is -1.89. The molecule has 1 aliphatic heterocycles. The molecule has 0 aromatic carbocycles. The molecule has 50 valence electrons. The van der Waals surface area contributed by atoms with Crippen molar-refractivity contribution >= 4 is 14.6 Å². The normalized spacial score (nSPS) is 34.1. The molecule has 0 N–H and O–H groups in total. The van der Waals surface area contributed by atoms with E-state index in [1.54, 1.807) is 0 Å². The van der Waals surface area contributed by atoms with Crippen molar-refractivity contribution in [1.29, 1.82) is 0 Å². The molecule has 6 heteroatoms. The zero-order valence-electron chi connectivity index (χ0n) is 4.11. The second kappa shape index (κ2) is 2.27. The summed E-state index contributed by atoms with van der Waals surface area (Å²) in [6.45, 7) is 0. The molecular weight excluding hydrogens is 150 g/mol. The van der Waals surface area contributed by atoms with Crippen molar-refractivity contribution in [2.24, 2.45) is 0 Å². The summed E-state index contributed by atoms with van der Waals surface area (Å²) in [6.07, 6.45) is -3.01. The van der Waals surface area contributed by atoms with E-state index in [1.807, 2.05) is 0 Å². The summed E-state index contributed by atoms with van der Waals surface area (Å²) in [6, 6.07) is 0. The highest BCUT2D eigenvalue weighted by Gasteiger charge is 2.37. The molecule has 9 heavy (non-hydrogen) atoms. The highest BCUT2D eigenvalue weighted by molar-refractivity contribution is 7.24. The molecule has 0 bridgehead atoms. The Morgan fingerprint density at radius 1 is 1.56 bits per heavy atom. The Hall–Kier alpha value is -0.700. The lowest BCUT2D eigenvalue weighted by Crippen LogP contribution is -2.09. The molecule has 0 aliphatic carbocycles. The molecule has 0 aromatic heterocycles. The van der Waals surface area contributed by atoms with Gasteiger partial charge >= 0.3 is 6.16 Å². The Labute approximate surface area is 51.1 Å². The molecule has 0 amide bonds. The molecule has 1 aliphatic rings. The van der Waals surface area contributed by atoms with E-state index in [2.05, 4.69) is 9.47 Å². The van der Waals surface area contributed by atoms with E-state index in [9.17, 15) is 13.8 Å². The molecule has 1 rings (SSSR count). The van der Waals surface area contributed by atoms with Crippen LogP contribution in [0.25, 0.3) is 0 Å². The molecule has 0 saturated carbocycles. The lowest BCUT2D eigenvalue weighted by Gasteiger charge is -1.94. The van der Waals surface area contributed by atoms with E-state index >= 15 is 0 Å². The van der Waals surface area contributed by atoms with Gasteiger partial charge < -0.3 is 9.47 Å². The van der Waals surface area contributed by atoms with Crippen LogP contribution in [0.5, 0.6) is 0 Å². The average Bonchev–Trinajstić information content (AvgIpc) is 2.10. The first kappa shape index (κ1) is 6.42. The van der Waals surface area contributed by atoms with Crippen LogP contribution in [0.4, 0.5) is 9.18 Å². The van der Waals surface area contributed by atoms with Crippen LogP contribution in [0.1, 0.15) is 0 Å². The fourth-order valence-electron chi connectivity index (χ4n) is 0.399. The lowest BCUT2D eigenvalue weighted by molar-refractivity contribution is 0.0516. The van der Waals surface area contributed by atoms with Crippen molar-refractivity contribution in [3.05, 3.63) is 0 Å². The maximum absolute atomic E-state index is 12.1. The Morgan fingerprint density at radius 3 is 2.44 bits per heavy atom. The molecule has 2 unspecified atom stereocenters. The van der Waals surface area contributed by atoms with Gasteiger partial charge in [-0.2, -0.15) is 4.39 Å². The van der Waals surface area contributed by atoms with Gasteiger partial charge in [0.1, 0.15) is 0 Å². The summed E-state index contributed by atoms with van der Waals surface area (Å²) in [4.78, 5) is 9.99. The Kier molecular flexibility index (Phi) is 1.62. The first-order chi connectivity index (χ1) is 4.24. The van der Waals surface area contributed by atoms with E-state index < -0.39 is 26.8 Å². The number of ether oxygens (including phenoxy) is 2. The summed E-state index contributed by atoms with van der Waals surface area (Å²) in [5.74, 6) is -1.28. The summed E-state index contributed by atoms with van der Waals surface area (Å²) in [5, 5.41) is 0. The largest absolute Gasteiger partial charge is 0.512 e. The second-order valence-corrected chi connectivity index (χ2v) is 2.05. The van der Waals surface area contributed by atoms with E-state index in [0.29, 0.717) is 0 Å². The number of halogens is 1. The maximum atomic E-state index is 12.1. The molecular formula is C3H2FO4P. The standard InChI is InChI=1S/C3H2FO4P/c4-1-2(9-6)8-3(5)7-1/h1-2H. The second-order valence-electron chi connectivity index (χ2n) is 1.33. The third-order valence-corrected chi connectivity index (χ3v) is 1.30. The van der Waals surface area contributed by atoms with Gasteiger partial charge in [-0.05, 0) is 0 Å². The minimum Gasteiger partial charge on any atom is -0.411 e. The minimum absolute atomic E-state index is 0.582. The Balaban J connectivity index is 2.57. The first-order valence-electron chi connectivity index (χ1n) is 2.08. The van der Waals surface area contributed by atoms with E-state index in [4.69, 9.17) is 0 Å². The highest BCUT2D eigenvalue weighted by Crippen LogP contribution is 2.23. The summed E-state index contributed by atoms with van der Waals surface area (Å²) in [7, 11) is -0.582. The third kappa shape index (κ3) is 1.16. The van der Waals surface area contributed by atoms with E-state index in [-0.39, 0.29) is 0 Å². The van der Waals surface area contributed by atoms with Crippen LogP contribution in [0.3, 0.4) is 0 Å². The Bertz CT molecular complexity index is 149. The molecule has 1 saturated heterocycles. The van der Waals surface area contributed by atoms with Crippen molar-refractivity contribution in [2.45, 2.75) is 12.2 Å². The van der Waals surface area contributed by atoms with Gasteiger partial charge in [-0.15, -0.1) is 0 Å². The number of alkyl halides is 1. The molecule has 0 aromatic rings. The smallest absolute Gasteiger partial charge is 0.411 e. The SMILES string of the molecule is O=PC1OC(=O)OC1F. The number of hydrogen-bond acceptors (Lipinski definition) is 4. The van der Waals surface area contributed by atoms with Crippen LogP contribution in [0, 0.1) is 0 Å². The summed E-state index contributed by atoms with van der Waals surface area (Å²) < 4.78 is 29.8. The fraction of sp³-hybridized carbons (Fsp3) is 0.667. The zero-order chi connectivity index (χ0) is 6.85. The van der Waals surface area contributed by atoms with Crippen LogP contribution >= 0.6 is 8.46 Å². The van der Waals surface area contributed by atoms with Crippen LogP contribution in [0.2, 0.25) is 0 Å². The van der Waals surface area contributed by atoms with Crippen molar-refractivity contribution in [3.63, 3.8) is 0 Å². The number of rotatable bonds is 1. The Morgan fingerprint density at radius 2 is 2.22 bits per heavy atom. The number of hydrogen-bond donors (Lipinski definition) is 0. The van der Waals surface area contributed by atoms with Crippen LogP contribution in [0.15, 0.2) is 0 Å². The molecule has 2 atom stereocenters.